The van der Waals surface area contributed by atoms with Crippen molar-refractivity contribution in [1.29, 1.82) is 0 Å². The van der Waals surface area contributed by atoms with Gasteiger partial charge in [0.05, 0.1) is 12.0 Å². The molecule has 2 rings (SSSR count). The molecule has 4 heteroatoms. The second kappa shape index (κ2) is 6.71. The smallest absolute Gasteiger partial charge is 0.0948 e. The predicted octanol–water partition coefficient (Wildman–Crippen LogP) is 3.60. The van der Waals surface area contributed by atoms with E-state index in [0.717, 1.165) is 13.1 Å². The van der Waals surface area contributed by atoms with Crippen molar-refractivity contribution in [2.75, 3.05) is 0 Å². The van der Waals surface area contributed by atoms with Gasteiger partial charge in [0.25, 0.3) is 0 Å². The lowest BCUT2D eigenvalue weighted by atomic mass is 10.1. The van der Waals surface area contributed by atoms with E-state index >= 15 is 0 Å². The fourth-order valence-electron chi connectivity index (χ4n) is 2.13. The summed E-state index contributed by atoms with van der Waals surface area (Å²) in [5.41, 5.74) is 1.26. The Labute approximate surface area is 113 Å². The molecule has 1 N–H and O–H groups in total. The van der Waals surface area contributed by atoms with Crippen LogP contribution < -0.4 is 5.32 Å². The standard InChI is InChI=1S/C14H21N3S/c1-3-6-13(14-7-5-8-18-14)16-10-12-9-15-11-17(12)4-2/h5,7-9,11,13,16H,3-4,6,10H2,1-2H3. The van der Waals surface area contributed by atoms with Crippen molar-refractivity contribution in [1.82, 2.24) is 14.9 Å². The molecule has 1 unspecified atom stereocenters. The van der Waals surface area contributed by atoms with Crippen LogP contribution in [-0.4, -0.2) is 9.55 Å². The zero-order valence-corrected chi connectivity index (χ0v) is 11.9. The van der Waals surface area contributed by atoms with Crippen LogP contribution in [0, 0.1) is 0 Å². The Morgan fingerprint density at radius 3 is 3.00 bits per heavy atom. The van der Waals surface area contributed by atoms with E-state index in [9.17, 15) is 0 Å². The van der Waals surface area contributed by atoms with Gasteiger partial charge in [-0.3, -0.25) is 0 Å². The summed E-state index contributed by atoms with van der Waals surface area (Å²) in [6.45, 7) is 6.25. The van der Waals surface area contributed by atoms with Gasteiger partial charge in [-0.05, 0) is 24.8 Å². The molecule has 0 aromatic carbocycles. The van der Waals surface area contributed by atoms with Gasteiger partial charge < -0.3 is 9.88 Å². The molecule has 0 radical (unpaired) electrons. The summed E-state index contributed by atoms with van der Waals surface area (Å²) in [6.07, 6.45) is 6.23. The van der Waals surface area contributed by atoms with Crippen LogP contribution in [0.15, 0.2) is 30.0 Å². The van der Waals surface area contributed by atoms with Gasteiger partial charge >= 0.3 is 0 Å². The van der Waals surface area contributed by atoms with E-state index in [-0.39, 0.29) is 0 Å². The fourth-order valence-corrected chi connectivity index (χ4v) is 2.97. The van der Waals surface area contributed by atoms with E-state index < -0.39 is 0 Å². The van der Waals surface area contributed by atoms with Crippen molar-refractivity contribution in [3.63, 3.8) is 0 Å². The van der Waals surface area contributed by atoms with E-state index in [1.165, 1.54) is 23.4 Å². The van der Waals surface area contributed by atoms with Gasteiger partial charge in [0.1, 0.15) is 0 Å². The number of imidazole rings is 1. The summed E-state index contributed by atoms with van der Waals surface area (Å²) >= 11 is 1.83. The van der Waals surface area contributed by atoms with E-state index in [0.29, 0.717) is 6.04 Å². The Morgan fingerprint density at radius 1 is 1.44 bits per heavy atom. The number of thiophene rings is 1. The first-order valence-electron chi connectivity index (χ1n) is 6.61. The SMILES string of the molecule is CCCC(NCc1cncn1CC)c1cccs1. The van der Waals surface area contributed by atoms with Crippen LogP contribution in [0.4, 0.5) is 0 Å². The first kappa shape index (κ1) is 13.3. The maximum Gasteiger partial charge on any atom is 0.0948 e. The molecule has 0 bridgehead atoms. The van der Waals surface area contributed by atoms with Crippen LogP contribution in [-0.2, 0) is 13.1 Å². The molecule has 2 aromatic rings. The second-order valence-electron chi connectivity index (χ2n) is 4.41. The number of nitrogens with zero attached hydrogens (tertiary/aromatic N) is 2. The molecule has 0 aliphatic carbocycles. The van der Waals surface area contributed by atoms with E-state index in [1.54, 1.807) is 0 Å². The van der Waals surface area contributed by atoms with Crippen LogP contribution in [0.5, 0.6) is 0 Å². The van der Waals surface area contributed by atoms with Crippen molar-refractivity contribution in [2.45, 2.75) is 45.8 Å². The number of hydrogen-bond donors (Lipinski definition) is 1. The third-order valence-electron chi connectivity index (χ3n) is 3.13. The Morgan fingerprint density at radius 2 is 2.33 bits per heavy atom. The van der Waals surface area contributed by atoms with Gasteiger partial charge in [-0.2, -0.15) is 0 Å². The molecule has 3 nitrogen and oxygen atoms in total. The van der Waals surface area contributed by atoms with Crippen LogP contribution in [0.3, 0.4) is 0 Å². The normalized spacial score (nSPS) is 12.8. The third kappa shape index (κ3) is 3.21. The Balaban J connectivity index is 1.98. The monoisotopic (exact) mass is 263 g/mol. The molecule has 18 heavy (non-hydrogen) atoms. The van der Waals surface area contributed by atoms with Crippen molar-refractivity contribution < 1.29 is 0 Å². The van der Waals surface area contributed by atoms with Crippen LogP contribution >= 0.6 is 11.3 Å². The van der Waals surface area contributed by atoms with E-state index in [1.807, 2.05) is 23.9 Å². The van der Waals surface area contributed by atoms with Gasteiger partial charge in [0, 0.05) is 30.2 Å². The molecule has 0 amide bonds. The minimum atomic E-state index is 0.468. The first-order chi connectivity index (χ1) is 8.85. The maximum absolute atomic E-state index is 4.21. The van der Waals surface area contributed by atoms with Crippen LogP contribution in [0.1, 0.15) is 43.3 Å². The molecule has 1 atom stereocenters. The van der Waals surface area contributed by atoms with Gasteiger partial charge in [-0.15, -0.1) is 11.3 Å². The molecule has 0 saturated heterocycles. The highest BCUT2D eigenvalue weighted by Crippen LogP contribution is 2.23. The zero-order valence-electron chi connectivity index (χ0n) is 11.1. The average molecular weight is 263 g/mol. The van der Waals surface area contributed by atoms with Crippen molar-refractivity contribution in [2.24, 2.45) is 0 Å². The lowest BCUT2D eigenvalue weighted by molar-refractivity contribution is 0.488. The Bertz CT molecular complexity index is 447. The molecular formula is C14H21N3S. The zero-order chi connectivity index (χ0) is 12.8. The molecule has 0 fully saturated rings. The van der Waals surface area contributed by atoms with Crippen molar-refractivity contribution in [3.05, 3.63) is 40.6 Å². The van der Waals surface area contributed by atoms with Crippen molar-refractivity contribution >= 4 is 11.3 Å². The van der Waals surface area contributed by atoms with Crippen LogP contribution in [0.25, 0.3) is 0 Å². The molecule has 0 aliphatic heterocycles. The lowest BCUT2D eigenvalue weighted by Gasteiger charge is -2.17. The summed E-state index contributed by atoms with van der Waals surface area (Å²) in [5.74, 6) is 0. The molecule has 0 aliphatic rings. The highest BCUT2D eigenvalue weighted by atomic mass is 32.1. The highest BCUT2D eigenvalue weighted by molar-refractivity contribution is 7.10. The van der Waals surface area contributed by atoms with E-state index in [2.05, 4.69) is 46.2 Å². The third-order valence-corrected chi connectivity index (χ3v) is 4.12. The molecule has 2 heterocycles. The lowest BCUT2D eigenvalue weighted by Crippen LogP contribution is -2.21. The average Bonchev–Trinajstić information content (AvgIpc) is 3.05. The van der Waals surface area contributed by atoms with Crippen molar-refractivity contribution in [3.8, 4) is 0 Å². The molecule has 2 aromatic heterocycles. The predicted molar refractivity (Wildman–Crippen MR) is 76.7 cm³/mol. The van der Waals surface area contributed by atoms with Gasteiger partial charge in [-0.25, -0.2) is 4.98 Å². The second-order valence-corrected chi connectivity index (χ2v) is 5.39. The summed E-state index contributed by atoms with van der Waals surface area (Å²) in [7, 11) is 0. The number of hydrogen-bond acceptors (Lipinski definition) is 3. The number of aromatic nitrogens is 2. The first-order valence-corrected chi connectivity index (χ1v) is 7.48. The summed E-state index contributed by atoms with van der Waals surface area (Å²) < 4.78 is 2.18. The number of rotatable bonds is 7. The number of aryl methyl sites for hydroxylation is 1. The maximum atomic E-state index is 4.21. The quantitative estimate of drug-likeness (QED) is 0.827. The summed E-state index contributed by atoms with van der Waals surface area (Å²) in [4.78, 5) is 5.64. The van der Waals surface area contributed by atoms with Gasteiger partial charge in [0.2, 0.25) is 0 Å². The summed E-state index contributed by atoms with van der Waals surface area (Å²) in [5, 5.41) is 5.80. The Kier molecular flexibility index (Phi) is 4.96. The minimum Gasteiger partial charge on any atom is -0.334 e. The van der Waals surface area contributed by atoms with Gasteiger partial charge in [0.15, 0.2) is 0 Å². The molecular weight excluding hydrogens is 242 g/mol. The summed E-state index contributed by atoms with van der Waals surface area (Å²) in [6, 6.07) is 4.81. The largest absolute Gasteiger partial charge is 0.334 e. The Hall–Kier alpha value is -1.13. The number of nitrogens with one attached hydrogen (secondary N) is 1. The topological polar surface area (TPSA) is 29.9 Å². The van der Waals surface area contributed by atoms with E-state index in [4.69, 9.17) is 0 Å². The van der Waals surface area contributed by atoms with Gasteiger partial charge in [-0.1, -0.05) is 19.4 Å². The molecule has 98 valence electrons. The van der Waals surface area contributed by atoms with Crippen LogP contribution in [0.2, 0.25) is 0 Å². The minimum absolute atomic E-state index is 0.468. The fraction of sp³-hybridized carbons (Fsp3) is 0.500. The highest BCUT2D eigenvalue weighted by Gasteiger charge is 2.11. The molecule has 0 spiro atoms. The molecule has 0 saturated carbocycles.